The van der Waals surface area contributed by atoms with Crippen molar-refractivity contribution in [3.05, 3.63) is 52.0 Å². The van der Waals surface area contributed by atoms with Gasteiger partial charge in [-0.15, -0.1) is 0 Å². The molecule has 28 heavy (non-hydrogen) atoms. The van der Waals surface area contributed by atoms with E-state index in [9.17, 15) is 14.4 Å². The molecule has 5 rings (SSSR count). The predicted molar refractivity (Wildman–Crippen MR) is 97.5 cm³/mol. The second-order valence-corrected chi connectivity index (χ2v) is 7.19. The van der Waals surface area contributed by atoms with Gasteiger partial charge in [-0.1, -0.05) is 17.7 Å². The van der Waals surface area contributed by atoms with Crippen molar-refractivity contribution in [2.24, 2.45) is 0 Å². The van der Waals surface area contributed by atoms with E-state index in [1.807, 2.05) is 0 Å². The number of hydrogen-bond donors (Lipinski definition) is 2. The van der Waals surface area contributed by atoms with Gasteiger partial charge in [0, 0.05) is 10.6 Å². The Morgan fingerprint density at radius 2 is 1.93 bits per heavy atom. The number of hydrogen-bond acceptors (Lipinski definition) is 6. The van der Waals surface area contributed by atoms with Crippen LogP contribution in [0.15, 0.2) is 35.0 Å². The van der Waals surface area contributed by atoms with Crippen molar-refractivity contribution in [1.82, 2.24) is 20.9 Å². The molecule has 1 unspecified atom stereocenters. The third-order valence-corrected chi connectivity index (χ3v) is 5.25. The van der Waals surface area contributed by atoms with E-state index in [1.165, 1.54) is 11.0 Å². The van der Waals surface area contributed by atoms with Crippen LogP contribution in [-0.2, 0) is 21.7 Å². The maximum atomic E-state index is 13.4. The minimum atomic E-state index is -1.82. The number of fused-ring (bicyclic) bond motifs is 3. The Labute approximate surface area is 162 Å². The van der Waals surface area contributed by atoms with Crippen LogP contribution in [0.3, 0.4) is 0 Å². The van der Waals surface area contributed by atoms with E-state index in [-0.39, 0.29) is 6.54 Å². The highest BCUT2D eigenvalue weighted by Gasteiger charge is 2.61. The lowest BCUT2D eigenvalue weighted by molar-refractivity contribution is -0.134. The highest BCUT2D eigenvalue weighted by Crippen LogP contribution is 2.46. The van der Waals surface area contributed by atoms with Crippen LogP contribution in [0.25, 0.3) is 11.0 Å². The fourth-order valence-electron chi connectivity index (χ4n) is 3.85. The molecule has 2 N–H and O–H groups in total. The number of imide groups is 1. The van der Waals surface area contributed by atoms with Crippen LogP contribution in [-0.4, -0.2) is 28.2 Å². The van der Waals surface area contributed by atoms with Gasteiger partial charge in [0.25, 0.3) is 11.8 Å². The van der Waals surface area contributed by atoms with Crippen LogP contribution in [0, 0.1) is 6.92 Å². The van der Waals surface area contributed by atoms with Crippen LogP contribution in [0.4, 0.5) is 10.5 Å². The fourth-order valence-corrected chi connectivity index (χ4v) is 4.13. The maximum absolute atomic E-state index is 13.4. The molecule has 2 aliphatic heterocycles. The second kappa shape index (κ2) is 5.52. The number of aryl methyl sites for hydroxylation is 1. The minimum Gasteiger partial charge on any atom is -0.312 e. The summed E-state index contributed by atoms with van der Waals surface area (Å²) >= 11 is 6.18. The van der Waals surface area contributed by atoms with E-state index in [4.69, 9.17) is 16.2 Å². The van der Waals surface area contributed by atoms with Crippen molar-refractivity contribution in [2.75, 3.05) is 4.90 Å². The first-order valence-corrected chi connectivity index (χ1v) is 8.75. The number of carbonyl (C=O) groups is 3. The number of rotatable bonds is 2. The van der Waals surface area contributed by atoms with Crippen molar-refractivity contribution in [1.29, 1.82) is 0 Å². The molecular formula is C18H12ClN5O4. The Balaban J connectivity index is 1.66. The highest BCUT2D eigenvalue weighted by molar-refractivity contribution is 6.32. The molecule has 10 heteroatoms. The van der Waals surface area contributed by atoms with Gasteiger partial charge in [-0.3, -0.25) is 14.9 Å². The molecule has 0 aliphatic carbocycles. The Morgan fingerprint density at radius 3 is 2.68 bits per heavy atom. The van der Waals surface area contributed by atoms with Gasteiger partial charge < -0.3 is 10.2 Å². The molecule has 2 aliphatic rings. The van der Waals surface area contributed by atoms with E-state index in [1.54, 1.807) is 31.2 Å². The number of halogens is 1. The number of nitrogens with zero attached hydrogens (tertiary/aromatic N) is 3. The quantitative estimate of drug-likeness (QED) is 0.502. The molecule has 1 atom stereocenters. The van der Waals surface area contributed by atoms with E-state index in [0.717, 1.165) is 5.56 Å². The monoisotopic (exact) mass is 397 g/mol. The first-order valence-electron chi connectivity index (χ1n) is 8.37. The second-order valence-electron chi connectivity index (χ2n) is 6.76. The number of urea groups is 1. The number of carbonyl (C=O) groups excluding carboxylic acids is 3. The van der Waals surface area contributed by atoms with Crippen LogP contribution in [0.1, 0.15) is 16.7 Å². The van der Waals surface area contributed by atoms with Gasteiger partial charge in [-0.25, -0.2) is 9.42 Å². The summed E-state index contributed by atoms with van der Waals surface area (Å²) in [5.74, 6) is -1.27. The standard InChI is InChI=1S/C18H12ClN5O4/c1-8-4-10(19)6-11-14(8)24(16(26)18(11)15(25)20-17(27)21-18)7-9-2-3-12-13(5-9)23-28-22-12/h2-6H,7H2,1H3,(H2,20,21,25,27). The molecule has 3 heterocycles. The number of benzene rings is 2. The lowest BCUT2D eigenvalue weighted by atomic mass is 9.90. The van der Waals surface area contributed by atoms with E-state index >= 15 is 0 Å². The minimum absolute atomic E-state index is 0.169. The van der Waals surface area contributed by atoms with Gasteiger partial charge in [-0.05, 0) is 52.6 Å². The Morgan fingerprint density at radius 1 is 1.14 bits per heavy atom. The summed E-state index contributed by atoms with van der Waals surface area (Å²) < 4.78 is 4.71. The zero-order valence-corrected chi connectivity index (χ0v) is 15.2. The van der Waals surface area contributed by atoms with Gasteiger partial charge in [0.2, 0.25) is 5.54 Å². The van der Waals surface area contributed by atoms with Gasteiger partial charge in [-0.2, -0.15) is 0 Å². The summed E-state index contributed by atoms with van der Waals surface area (Å²) in [4.78, 5) is 39.3. The number of anilines is 1. The maximum Gasteiger partial charge on any atom is 0.323 e. The summed E-state index contributed by atoms with van der Waals surface area (Å²) in [5.41, 5.74) is 1.71. The van der Waals surface area contributed by atoms with Crippen LogP contribution in [0.5, 0.6) is 0 Å². The SMILES string of the molecule is Cc1cc(Cl)cc2c1N(Cc1ccc3nonc3c1)C(=O)C21NC(=O)NC1=O. The molecule has 1 spiro atoms. The summed E-state index contributed by atoms with van der Waals surface area (Å²) in [6, 6.07) is 7.80. The molecular weight excluding hydrogens is 386 g/mol. The largest absolute Gasteiger partial charge is 0.323 e. The van der Waals surface area contributed by atoms with E-state index in [0.29, 0.717) is 32.9 Å². The van der Waals surface area contributed by atoms with Crippen molar-refractivity contribution < 1.29 is 19.0 Å². The molecule has 3 aromatic rings. The number of amides is 4. The first kappa shape index (κ1) is 16.7. The van der Waals surface area contributed by atoms with E-state index in [2.05, 4.69) is 20.9 Å². The fraction of sp³-hybridized carbons (Fsp3) is 0.167. The molecule has 2 aromatic carbocycles. The van der Waals surface area contributed by atoms with Gasteiger partial charge in [0.05, 0.1) is 12.2 Å². The lowest BCUT2D eigenvalue weighted by Gasteiger charge is -2.21. The summed E-state index contributed by atoms with van der Waals surface area (Å²) in [5, 5.41) is 12.6. The number of aromatic nitrogens is 2. The average molecular weight is 398 g/mol. The summed E-state index contributed by atoms with van der Waals surface area (Å²) in [7, 11) is 0. The third kappa shape index (κ3) is 2.10. The Kier molecular flexibility index (Phi) is 3.29. The average Bonchev–Trinajstić information content (AvgIpc) is 3.28. The van der Waals surface area contributed by atoms with Crippen LogP contribution in [0.2, 0.25) is 5.02 Å². The predicted octanol–water partition coefficient (Wildman–Crippen LogP) is 1.77. The zero-order valence-electron chi connectivity index (χ0n) is 14.4. The molecule has 0 bridgehead atoms. The Bertz CT molecular complexity index is 1210. The molecule has 4 amide bonds. The van der Waals surface area contributed by atoms with Crippen molar-refractivity contribution in [2.45, 2.75) is 19.0 Å². The first-order chi connectivity index (χ1) is 13.4. The molecule has 9 nitrogen and oxygen atoms in total. The van der Waals surface area contributed by atoms with Crippen molar-refractivity contribution in [3.63, 3.8) is 0 Å². The smallest absolute Gasteiger partial charge is 0.312 e. The summed E-state index contributed by atoms with van der Waals surface area (Å²) in [6.07, 6.45) is 0. The number of nitrogens with one attached hydrogen (secondary N) is 2. The molecule has 0 saturated carbocycles. The normalized spacial score (nSPS) is 20.8. The van der Waals surface area contributed by atoms with Crippen molar-refractivity contribution >= 4 is 46.2 Å². The molecule has 0 radical (unpaired) electrons. The Hall–Kier alpha value is -3.46. The van der Waals surface area contributed by atoms with Gasteiger partial charge >= 0.3 is 6.03 Å². The van der Waals surface area contributed by atoms with Crippen LogP contribution >= 0.6 is 11.6 Å². The zero-order chi connectivity index (χ0) is 19.6. The lowest BCUT2D eigenvalue weighted by Crippen LogP contribution is -2.52. The van der Waals surface area contributed by atoms with Gasteiger partial charge in [0.1, 0.15) is 11.0 Å². The topological polar surface area (TPSA) is 117 Å². The molecule has 1 saturated heterocycles. The van der Waals surface area contributed by atoms with Gasteiger partial charge in [0.15, 0.2) is 0 Å². The van der Waals surface area contributed by atoms with Crippen LogP contribution < -0.4 is 15.5 Å². The summed E-state index contributed by atoms with van der Waals surface area (Å²) in [6.45, 7) is 1.96. The molecule has 140 valence electrons. The van der Waals surface area contributed by atoms with Crippen molar-refractivity contribution in [3.8, 4) is 0 Å². The third-order valence-electron chi connectivity index (χ3n) is 5.03. The molecule has 1 fully saturated rings. The molecule has 1 aromatic heterocycles. The highest BCUT2D eigenvalue weighted by atomic mass is 35.5. The van der Waals surface area contributed by atoms with E-state index < -0.39 is 23.4 Å².